The number of ketones is 1. The zero-order valence-electron chi connectivity index (χ0n) is 10.6. The molecule has 0 atom stereocenters. The Morgan fingerprint density at radius 1 is 1.00 bits per heavy atom. The third-order valence-corrected chi connectivity index (χ3v) is 3.66. The SMILES string of the molecule is O=C(c1ccccc1Cl)c1coc2ccc(Cl)cc2c1=O. The van der Waals surface area contributed by atoms with Crippen LogP contribution in [-0.2, 0) is 0 Å². The summed E-state index contributed by atoms with van der Waals surface area (Å²) in [6.45, 7) is 0. The van der Waals surface area contributed by atoms with Crippen LogP contribution in [0.15, 0.2) is 57.9 Å². The third-order valence-electron chi connectivity index (χ3n) is 3.10. The maximum absolute atomic E-state index is 12.4. The van der Waals surface area contributed by atoms with Crippen LogP contribution in [0.1, 0.15) is 15.9 Å². The molecular weight excluding hydrogens is 311 g/mol. The van der Waals surface area contributed by atoms with Crippen LogP contribution >= 0.6 is 23.2 Å². The van der Waals surface area contributed by atoms with Gasteiger partial charge < -0.3 is 4.42 Å². The highest BCUT2D eigenvalue weighted by atomic mass is 35.5. The van der Waals surface area contributed by atoms with Gasteiger partial charge in [-0.05, 0) is 30.3 Å². The van der Waals surface area contributed by atoms with Gasteiger partial charge in [-0.1, -0.05) is 35.3 Å². The second kappa shape index (κ2) is 5.35. The number of halogens is 2. The second-order valence-electron chi connectivity index (χ2n) is 4.43. The van der Waals surface area contributed by atoms with E-state index in [1.807, 2.05) is 0 Å². The van der Waals surface area contributed by atoms with Gasteiger partial charge in [-0.25, -0.2) is 0 Å². The molecule has 0 bridgehead atoms. The minimum Gasteiger partial charge on any atom is -0.463 e. The lowest BCUT2D eigenvalue weighted by atomic mass is 10.0. The van der Waals surface area contributed by atoms with E-state index in [0.29, 0.717) is 10.6 Å². The maximum Gasteiger partial charge on any atom is 0.203 e. The van der Waals surface area contributed by atoms with Gasteiger partial charge in [-0.15, -0.1) is 0 Å². The van der Waals surface area contributed by atoms with E-state index >= 15 is 0 Å². The van der Waals surface area contributed by atoms with Gasteiger partial charge in [0.05, 0.1) is 10.4 Å². The molecule has 3 aromatic rings. The predicted molar refractivity (Wildman–Crippen MR) is 82.4 cm³/mol. The molecule has 5 heteroatoms. The average Bonchev–Trinajstić information content (AvgIpc) is 2.48. The van der Waals surface area contributed by atoms with Crippen LogP contribution in [0.3, 0.4) is 0 Å². The molecule has 1 aromatic heterocycles. The minimum absolute atomic E-state index is 0.0714. The van der Waals surface area contributed by atoms with Gasteiger partial charge in [-0.3, -0.25) is 9.59 Å². The molecule has 21 heavy (non-hydrogen) atoms. The normalized spacial score (nSPS) is 10.8. The molecule has 1 heterocycles. The Morgan fingerprint density at radius 3 is 2.52 bits per heavy atom. The maximum atomic E-state index is 12.4. The standard InChI is InChI=1S/C16H8Cl2O3/c17-9-5-6-14-11(7-9)16(20)12(8-21-14)15(19)10-3-1-2-4-13(10)18/h1-8H. The molecule has 0 saturated carbocycles. The van der Waals surface area contributed by atoms with Gasteiger partial charge in [0.2, 0.25) is 11.2 Å². The summed E-state index contributed by atoms with van der Waals surface area (Å²) >= 11 is 11.9. The Morgan fingerprint density at radius 2 is 1.76 bits per heavy atom. The van der Waals surface area contributed by atoms with Crippen LogP contribution in [0.5, 0.6) is 0 Å². The summed E-state index contributed by atoms with van der Waals surface area (Å²) in [4.78, 5) is 24.9. The molecule has 0 radical (unpaired) electrons. The zero-order valence-corrected chi connectivity index (χ0v) is 12.1. The quantitative estimate of drug-likeness (QED) is 0.661. The fourth-order valence-corrected chi connectivity index (χ4v) is 2.44. The van der Waals surface area contributed by atoms with Crippen LogP contribution in [0.4, 0.5) is 0 Å². The Kier molecular flexibility index (Phi) is 3.53. The number of rotatable bonds is 2. The highest BCUT2D eigenvalue weighted by Crippen LogP contribution is 2.21. The third kappa shape index (κ3) is 2.46. The van der Waals surface area contributed by atoms with Crippen molar-refractivity contribution in [3.63, 3.8) is 0 Å². The van der Waals surface area contributed by atoms with E-state index in [4.69, 9.17) is 27.6 Å². The molecule has 0 saturated heterocycles. The van der Waals surface area contributed by atoms with E-state index in [9.17, 15) is 9.59 Å². The first-order valence-electron chi connectivity index (χ1n) is 6.08. The first-order chi connectivity index (χ1) is 10.1. The molecule has 0 aliphatic rings. The van der Waals surface area contributed by atoms with Crippen LogP contribution in [0.2, 0.25) is 10.0 Å². The number of hydrogen-bond acceptors (Lipinski definition) is 3. The number of carbonyl (C=O) groups excluding carboxylic acids is 1. The average molecular weight is 319 g/mol. The van der Waals surface area contributed by atoms with Crippen LogP contribution < -0.4 is 5.43 Å². The van der Waals surface area contributed by atoms with E-state index in [1.54, 1.807) is 36.4 Å². The molecule has 0 aliphatic heterocycles. The van der Waals surface area contributed by atoms with E-state index in [1.165, 1.54) is 6.07 Å². The largest absolute Gasteiger partial charge is 0.463 e. The Bertz CT molecular complexity index is 913. The van der Waals surface area contributed by atoms with Crippen molar-refractivity contribution in [3.05, 3.63) is 80.1 Å². The summed E-state index contributed by atoms with van der Waals surface area (Å²) in [6, 6.07) is 11.2. The van der Waals surface area contributed by atoms with Crippen LogP contribution in [-0.4, -0.2) is 5.78 Å². The van der Waals surface area contributed by atoms with E-state index in [2.05, 4.69) is 0 Å². The van der Waals surface area contributed by atoms with E-state index in [-0.39, 0.29) is 21.5 Å². The summed E-state index contributed by atoms with van der Waals surface area (Å²) in [6.07, 6.45) is 1.16. The summed E-state index contributed by atoms with van der Waals surface area (Å²) in [5.41, 5.74) is 0.134. The Labute approximate surface area is 129 Å². The van der Waals surface area contributed by atoms with Gasteiger partial charge in [0, 0.05) is 10.6 Å². The molecule has 104 valence electrons. The van der Waals surface area contributed by atoms with Crippen LogP contribution in [0, 0.1) is 0 Å². The van der Waals surface area contributed by atoms with Crippen molar-refractivity contribution in [2.24, 2.45) is 0 Å². The van der Waals surface area contributed by atoms with Crippen molar-refractivity contribution >= 4 is 40.0 Å². The second-order valence-corrected chi connectivity index (χ2v) is 5.27. The molecule has 0 fully saturated rings. The van der Waals surface area contributed by atoms with Crippen molar-refractivity contribution in [2.45, 2.75) is 0 Å². The van der Waals surface area contributed by atoms with Gasteiger partial charge in [0.15, 0.2) is 0 Å². The molecule has 3 rings (SSSR count). The molecule has 0 amide bonds. The van der Waals surface area contributed by atoms with Gasteiger partial charge >= 0.3 is 0 Å². The van der Waals surface area contributed by atoms with Crippen molar-refractivity contribution in [2.75, 3.05) is 0 Å². The molecular formula is C16H8Cl2O3. The summed E-state index contributed by atoms with van der Waals surface area (Å²) in [7, 11) is 0. The fourth-order valence-electron chi connectivity index (χ4n) is 2.05. The first-order valence-corrected chi connectivity index (χ1v) is 6.84. The van der Waals surface area contributed by atoms with Gasteiger partial charge in [0.1, 0.15) is 17.4 Å². The topological polar surface area (TPSA) is 47.3 Å². The smallest absolute Gasteiger partial charge is 0.203 e. The number of fused-ring (bicyclic) bond motifs is 1. The van der Waals surface area contributed by atoms with Gasteiger partial charge in [-0.2, -0.15) is 0 Å². The lowest BCUT2D eigenvalue weighted by Crippen LogP contribution is -2.16. The van der Waals surface area contributed by atoms with Crippen molar-refractivity contribution in [3.8, 4) is 0 Å². The first kappa shape index (κ1) is 13.9. The lowest BCUT2D eigenvalue weighted by molar-refractivity contribution is 0.103. The lowest BCUT2D eigenvalue weighted by Gasteiger charge is -2.04. The van der Waals surface area contributed by atoms with Crippen molar-refractivity contribution in [1.82, 2.24) is 0 Å². The zero-order chi connectivity index (χ0) is 15.0. The molecule has 2 aromatic carbocycles. The number of carbonyl (C=O) groups is 1. The number of benzene rings is 2. The Hall–Kier alpha value is -2.10. The van der Waals surface area contributed by atoms with Crippen LogP contribution in [0.25, 0.3) is 11.0 Å². The molecule has 0 spiro atoms. The molecule has 3 nitrogen and oxygen atoms in total. The van der Waals surface area contributed by atoms with Crippen molar-refractivity contribution in [1.29, 1.82) is 0 Å². The molecule has 0 N–H and O–H groups in total. The molecule has 0 aliphatic carbocycles. The van der Waals surface area contributed by atoms with E-state index < -0.39 is 11.2 Å². The Balaban J connectivity index is 2.22. The van der Waals surface area contributed by atoms with Gasteiger partial charge in [0.25, 0.3) is 0 Å². The molecule has 0 unspecified atom stereocenters. The summed E-state index contributed by atoms with van der Waals surface area (Å²) in [5, 5.41) is 0.950. The fraction of sp³-hybridized carbons (Fsp3) is 0. The highest BCUT2D eigenvalue weighted by Gasteiger charge is 2.18. The van der Waals surface area contributed by atoms with Crippen molar-refractivity contribution < 1.29 is 9.21 Å². The monoisotopic (exact) mass is 318 g/mol. The highest BCUT2D eigenvalue weighted by molar-refractivity contribution is 6.35. The predicted octanol–water partition coefficient (Wildman–Crippen LogP) is 4.33. The minimum atomic E-state index is -0.476. The summed E-state index contributed by atoms with van der Waals surface area (Å²) in [5.74, 6) is -0.476. The van der Waals surface area contributed by atoms with E-state index in [0.717, 1.165) is 6.26 Å². The number of hydrogen-bond donors (Lipinski definition) is 0. The summed E-state index contributed by atoms with van der Waals surface area (Å²) < 4.78 is 5.34.